The van der Waals surface area contributed by atoms with Crippen molar-refractivity contribution in [2.24, 2.45) is 0 Å². The Hall–Kier alpha value is -1.59. The number of hydrogen-bond donors (Lipinski definition) is 1. The zero-order valence-corrected chi connectivity index (χ0v) is 16.0. The summed E-state index contributed by atoms with van der Waals surface area (Å²) in [5.74, 6) is 1.02. The van der Waals surface area contributed by atoms with Crippen LogP contribution in [-0.2, 0) is 17.6 Å². The number of amides is 1. The molecule has 0 fully saturated rings. The van der Waals surface area contributed by atoms with Gasteiger partial charge in [0.2, 0.25) is 6.41 Å². The number of ether oxygens (including phenoxy) is 1. The Bertz CT molecular complexity index is 517. The molecule has 0 spiro atoms. The molecule has 0 saturated heterocycles. The minimum atomic E-state index is 0.522. The predicted molar refractivity (Wildman–Crippen MR) is 102 cm³/mol. The smallest absolute Gasteiger partial charge is 0.224 e. The third kappa shape index (κ3) is 5.44. The molecule has 0 heterocycles. The first-order chi connectivity index (χ1) is 12.2. The number of carbonyl (C=O) groups is 1. The maximum atomic E-state index is 11.2. The predicted octanol–water partition coefficient (Wildman–Crippen LogP) is 2.64. The van der Waals surface area contributed by atoms with E-state index in [9.17, 15) is 4.79 Å². The third-order valence-corrected chi connectivity index (χ3v) is 5.12. The van der Waals surface area contributed by atoms with Crippen molar-refractivity contribution in [2.75, 3.05) is 33.3 Å². The number of hydrogen-bond acceptors (Lipinski definition) is 4. The van der Waals surface area contributed by atoms with Crippen LogP contribution in [0.4, 0.5) is 0 Å². The molecule has 0 radical (unpaired) electrons. The molecule has 5 heteroatoms. The normalized spacial score (nSPS) is 16.6. The SMILES string of the molecule is CCN(CC)N(C=O)CCCCNC1CCc2cccc(OC)c2C1. The number of aryl methyl sites for hydroxylation is 1. The fourth-order valence-corrected chi connectivity index (χ4v) is 3.67. The number of benzene rings is 1. The average molecular weight is 348 g/mol. The Kier molecular flexibility index (Phi) is 8.22. The van der Waals surface area contributed by atoms with Crippen LogP contribution in [0.2, 0.25) is 0 Å². The highest BCUT2D eigenvalue weighted by Gasteiger charge is 2.20. The second kappa shape index (κ2) is 10.4. The number of nitrogens with one attached hydrogen (secondary N) is 1. The lowest BCUT2D eigenvalue weighted by Crippen LogP contribution is -2.42. The summed E-state index contributed by atoms with van der Waals surface area (Å²) in [6.45, 7) is 7.70. The van der Waals surface area contributed by atoms with Crippen molar-refractivity contribution in [1.82, 2.24) is 15.3 Å². The summed E-state index contributed by atoms with van der Waals surface area (Å²) < 4.78 is 5.52. The lowest BCUT2D eigenvalue weighted by Gasteiger charge is -2.30. The summed E-state index contributed by atoms with van der Waals surface area (Å²) in [6.07, 6.45) is 6.39. The van der Waals surface area contributed by atoms with Crippen LogP contribution in [0.1, 0.15) is 44.2 Å². The van der Waals surface area contributed by atoms with Crippen LogP contribution in [0.15, 0.2) is 18.2 Å². The minimum Gasteiger partial charge on any atom is -0.496 e. The molecule has 1 atom stereocenters. The maximum absolute atomic E-state index is 11.2. The standard InChI is InChI=1S/C20H33N3O2/c1-4-22(5-2)23(16-24)14-7-6-13-21-18-12-11-17-9-8-10-20(25-3)19(17)15-18/h8-10,16,18,21H,4-7,11-15H2,1-3H3. The van der Waals surface area contributed by atoms with Gasteiger partial charge in [-0.1, -0.05) is 26.0 Å². The Balaban J connectivity index is 1.71. The molecule has 1 amide bonds. The second-order valence-electron chi connectivity index (χ2n) is 6.61. The monoisotopic (exact) mass is 347 g/mol. The topological polar surface area (TPSA) is 44.8 Å². The molecule has 1 aromatic rings. The molecule has 5 nitrogen and oxygen atoms in total. The van der Waals surface area contributed by atoms with Gasteiger partial charge in [0.25, 0.3) is 0 Å². The molecule has 0 aliphatic heterocycles. The van der Waals surface area contributed by atoms with E-state index < -0.39 is 0 Å². The lowest BCUT2D eigenvalue weighted by molar-refractivity contribution is -0.134. The van der Waals surface area contributed by atoms with Gasteiger partial charge in [-0.2, -0.15) is 0 Å². The van der Waals surface area contributed by atoms with Crippen molar-refractivity contribution >= 4 is 6.41 Å². The number of carbonyl (C=O) groups excluding carboxylic acids is 1. The van der Waals surface area contributed by atoms with Gasteiger partial charge in [0.1, 0.15) is 5.75 Å². The summed E-state index contributed by atoms with van der Waals surface area (Å²) in [5, 5.41) is 7.57. The molecule has 140 valence electrons. The van der Waals surface area contributed by atoms with Crippen molar-refractivity contribution in [3.63, 3.8) is 0 Å². The molecule has 1 aliphatic rings. The van der Waals surface area contributed by atoms with Crippen LogP contribution in [0.25, 0.3) is 0 Å². The van der Waals surface area contributed by atoms with Crippen molar-refractivity contribution in [3.05, 3.63) is 29.3 Å². The van der Waals surface area contributed by atoms with Crippen LogP contribution in [-0.4, -0.2) is 55.8 Å². The van der Waals surface area contributed by atoms with E-state index >= 15 is 0 Å². The first kappa shape index (κ1) is 19.7. The van der Waals surface area contributed by atoms with Crippen LogP contribution < -0.4 is 10.1 Å². The second-order valence-corrected chi connectivity index (χ2v) is 6.61. The highest BCUT2D eigenvalue weighted by Crippen LogP contribution is 2.29. The molecule has 2 rings (SSSR count). The van der Waals surface area contributed by atoms with Crippen molar-refractivity contribution in [2.45, 2.75) is 52.0 Å². The van der Waals surface area contributed by atoms with Crippen LogP contribution in [0.3, 0.4) is 0 Å². The Morgan fingerprint density at radius 1 is 1.28 bits per heavy atom. The summed E-state index contributed by atoms with van der Waals surface area (Å²) in [7, 11) is 1.75. The van der Waals surface area contributed by atoms with Gasteiger partial charge in [-0.3, -0.25) is 9.80 Å². The van der Waals surface area contributed by atoms with E-state index in [0.29, 0.717) is 6.04 Å². The van der Waals surface area contributed by atoms with Gasteiger partial charge >= 0.3 is 0 Å². The van der Waals surface area contributed by atoms with E-state index in [1.807, 2.05) is 5.01 Å². The molecule has 1 aromatic carbocycles. The van der Waals surface area contributed by atoms with Gasteiger partial charge in [-0.05, 0) is 55.8 Å². The average Bonchev–Trinajstić information content (AvgIpc) is 2.66. The van der Waals surface area contributed by atoms with Gasteiger partial charge in [0.15, 0.2) is 0 Å². The first-order valence-electron chi connectivity index (χ1n) is 9.58. The molecule has 0 aromatic heterocycles. The fraction of sp³-hybridized carbons (Fsp3) is 0.650. The Labute approximate surface area is 152 Å². The molecule has 0 saturated carbocycles. The fourth-order valence-electron chi connectivity index (χ4n) is 3.67. The summed E-state index contributed by atoms with van der Waals surface area (Å²) in [5.41, 5.74) is 2.79. The number of methoxy groups -OCH3 is 1. The molecular weight excluding hydrogens is 314 g/mol. The Morgan fingerprint density at radius 3 is 2.76 bits per heavy atom. The van der Waals surface area contributed by atoms with E-state index in [-0.39, 0.29) is 0 Å². The summed E-state index contributed by atoms with van der Waals surface area (Å²) in [6, 6.07) is 6.88. The largest absolute Gasteiger partial charge is 0.496 e. The molecule has 1 aliphatic carbocycles. The van der Waals surface area contributed by atoms with Crippen LogP contribution >= 0.6 is 0 Å². The Morgan fingerprint density at radius 2 is 2.08 bits per heavy atom. The number of fused-ring (bicyclic) bond motifs is 1. The van der Waals surface area contributed by atoms with Gasteiger partial charge in [0, 0.05) is 25.7 Å². The number of nitrogens with zero attached hydrogens (tertiary/aromatic N) is 2. The number of unbranched alkanes of at least 4 members (excludes halogenated alkanes) is 1. The van der Waals surface area contributed by atoms with Crippen molar-refractivity contribution in [3.8, 4) is 5.75 Å². The molecule has 0 bridgehead atoms. The maximum Gasteiger partial charge on any atom is 0.224 e. The highest BCUT2D eigenvalue weighted by molar-refractivity contribution is 5.46. The number of rotatable bonds is 11. The van der Waals surface area contributed by atoms with Gasteiger partial charge in [-0.25, -0.2) is 5.01 Å². The van der Waals surface area contributed by atoms with E-state index in [2.05, 4.69) is 42.4 Å². The van der Waals surface area contributed by atoms with Crippen LogP contribution in [0, 0.1) is 0 Å². The highest BCUT2D eigenvalue weighted by atomic mass is 16.5. The molecule has 1 unspecified atom stereocenters. The quantitative estimate of drug-likeness (QED) is 0.380. The van der Waals surface area contributed by atoms with Crippen molar-refractivity contribution < 1.29 is 9.53 Å². The molecule has 1 N–H and O–H groups in total. The van der Waals surface area contributed by atoms with E-state index in [1.165, 1.54) is 17.5 Å². The zero-order chi connectivity index (χ0) is 18.1. The minimum absolute atomic E-state index is 0.522. The van der Waals surface area contributed by atoms with Crippen molar-refractivity contribution in [1.29, 1.82) is 0 Å². The van der Waals surface area contributed by atoms with Gasteiger partial charge < -0.3 is 10.1 Å². The molecular formula is C20H33N3O2. The lowest BCUT2D eigenvalue weighted by atomic mass is 9.87. The summed E-state index contributed by atoms with van der Waals surface area (Å²) in [4.78, 5) is 11.2. The first-order valence-corrected chi connectivity index (χ1v) is 9.58. The third-order valence-electron chi connectivity index (χ3n) is 5.12. The van der Waals surface area contributed by atoms with E-state index in [4.69, 9.17) is 4.74 Å². The number of hydrazine groups is 1. The van der Waals surface area contributed by atoms with Gasteiger partial charge in [-0.15, -0.1) is 0 Å². The van der Waals surface area contributed by atoms with Crippen LogP contribution in [0.5, 0.6) is 5.75 Å². The van der Waals surface area contributed by atoms with E-state index in [0.717, 1.165) is 64.0 Å². The molecule has 25 heavy (non-hydrogen) atoms. The zero-order valence-electron chi connectivity index (χ0n) is 16.0. The van der Waals surface area contributed by atoms with E-state index in [1.54, 1.807) is 7.11 Å². The van der Waals surface area contributed by atoms with Gasteiger partial charge in [0.05, 0.1) is 7.11 Å². The summed E-state index contributed by atoms with van der Waals surface area (Å²) >= 11 is 0.